The smallest absolute Gasteiger partial charge is 0.251 e. The Morgan fingerprint density at radius 1 is 0.914 bits per heavy atom. The van der Waals surface area contributed by atoms with Crippen molar-refractivity contribution < 1.29 is 9.59 Å². The van der Waals surface area contributed by atoms with E-state index >= 15 is 0 Å². The van der Waals surface area contributed by atoms with Crippen molar-refractivity contribution in [2.45, 2.75) is 57.0 Å². The lowest BCUT2D eigenvalue weighted by atomic mass is 9.95. The van der Waals surface area contributed by atoms with Crippen LogP contribution < -0.4 is 10.6 Å². The van der Waals surface area contributed by atoms with Gasteiger partial charge in [0.2, 0.25) is 5.91 Å². The lowest BCUT2D eigenvalue weighted by Gasteiger charge is -2.37. The maximum atomic E-state index is 13.1. The van der Waals surface area contributed by atoms with Crippen molar-refractivity contribution in [3.05, 3.63) is 72.3 Å². The summed E-state index contributed by atoms with van der Waals surface area (Å²) in [5, 5.41) is 8.22. The first kappa shape index (κ1) is 24.9. The summed E-state index contributed by atoms with van der Waals surface area (Å²) in [7, 11) is 4.18. The van der Waals surface area contributed by atoms with E-state index in [1.54, 1.807) is 0 Å². The lowest BCUT2D eigenvalue weighted by molar-refractivity contribution is -0.123. The molecule has 1 aliphatic rings. The van der Waals surface area contributed by atoms with Gasteiger partial charge in [-0.1, -0.05) is 74.7 Å². The largest absolute Gasteiger partial charge is 0.352 e. The average molecular weight is 472 g/mol. The molecule has 4 rings (SSSR count). The molecule has 1 fully saturated rings. The summed E-state index contributed by atoms with van der Waals surface area (Å²) >= 11 is 0. The van der Waals surface area contributed by atoms with Gasteiger partial charge < -0.3 is 15.5 Å². The highest BCUT2D eigenvalue weighted by Crippen LogP contribution is 2.33. The van der Waals surface area contributed by atoms with E-state index in [-0.39, 0.29) is 17.4 Å². The Morgan fingerprint density at radius 2 is 1.60 bits per heavy atom. The van der Waals surface area contributed by atoms with Gasteiger partial charge in [0.15, 0.2) is 0 Å². The number of benzene rings is 3. The highest BCUT2D eigenvalue weighted by molar-refractivity contribution is 6.01. The predicted molar refractivity (Wildman–Crippen MR) is 143 cm³/mol. The lowest BCUT2D eigenvalue weighted by Crippen LogP contribution is -2.54. The molecular weight excluding hydrogens is 434 g/mol. The third-order valence-electron chi connectivity index (χ3n) is 7.48. The maximum Gasteiger partial charge on any atom is 0.251 e. The van der Waals surface area contributed by atoms with Crippen LogP contribution in [0.25, 0.3) is 21.9 Å². The van der Waals surface area contributed by atoms with Crippen molar-refractivity contribution in [2.75, 3.05) is 20.6 Å². The number of nitrogens with zero attached hydrogens (tertiary/aromatic N) is 1. The molecule has 0 spiro atoms. The molecule has 0 aliphatic heterocycles. The Hall–Kier alpha value is -3.18. The van der Waals surface area contributed by atoms with Crippen LogP contribution >= 0.6 is 0 Å². The van der Waals surface area contributed by atoms with Crippen LogP contribution in [0.3, 0.4) is 0 Å². The molecule has 1 saturated carbocycles. The van der Waals surface area contributed by atoms with E-state index in [1.165, 1.54) is 18.4 Å². The molecule has 5 nitrogen and oxygen atoms in total. The van der Waals surface area contributed by atoms with Crippen LogP contribution in [0.4, 0.5) is 0 Å². The first-order valence-corrected chi connectivity index (χ1v) is 12.8. The maximum absolute atomic E-state index is 13.1. The molecule has 0 heterocycles. The molecule has 35 heavy (non-hydrogen) atoms. The van der Waals surface area contributed by atoms with Gasteiger partial charge in [0.1, 0.15) is 6.04 Å². The number of hydrogen-bond donors (Lipinski definition) is 2. The summed E-state index contributed by atoms with van der Waals surface area (Å²) < 4.78 is 0. The first-order chi connectivity index (χ1) is 16.9. The number of likely N-dealkylation sites (N-methyl/N-ethyl adjacent to an activating group) is 1. The molecule has 0 unspecified atom stereocenters. The van der Waals surface area contributed by atoms with E-state index in [0.717, 1.165) is 35.6 Å². The Morgan fingerprint density at radius 3 is 2.29 bits per heavy atom. The van der Waals surface area contributed by atoms with E-state index in [4.69, 9.17) is 0 Å². The van der Waals surface area contributed by atoms with Crippen LogP contribution in [0.1, 0.15) is 55.8 Å². The van der Waals surface area contributed by atoms with Crippen molar-refractivity contribution in [3.8, 4) is 11.1 Å². The van der Waals surface area contributed by atoms with Crippen LogP contribution in [0.15, 0.2) is 66.7 Å². The molecule has 0 saturated heterocycles. The van der Waals surface area contributed by atoms with Crippen molar-refractivity contribution in [2.24, 2.45) is 0 Å². The predicted octanol–water partition coefficient (Wildman–Crippen LogP) is 5.40. The fourth-order valence-electron chi connectivity index (χ4n) is 5.19. The second-order valence-electron chi connectivity index (χ2n) is 10.0. The third kappa shape index (κ3) is 5.73. The van der Waals surface area contributed by atoms with Crippen LogP contribution in [0, 0.1) is 0 Å². The van der Waals surface area contributed by atoms with Crippen LogP contribution in [-0.4, -0.2) is 48.9 Å². The topological polar surface area (TPSA) is 61.4 Å². The molecule has 184 valence electrons. The highest BCUT2D eigenvalue weighted by Gasteiger charge is 2.36. The van der Waals surface area contributed by atoms with Gasteiger partial charge in [-0.2, -0.15) is 0 Å². The minimum Gasteiger partial charge on any atom is -0.352 e. The van der Waals surface area contributed by atoms with Crippen molar-refractivity contribution in [1.29, 1.82) is 0 Å². The van der Waals surface area contributed by atoms with Gasteiger partial charge in [0.25, 0.3) is 5.91 Å². The monoisotopic (exact) mass is 471 g/mol. The van der Waals surface area contributed by atoms with E-state index in [1.807, 2.05) is 49.4 Å². The Bertz CT molecular complexity index is 1170. The molecule has 3 aromatic carbocycles. The molecule has 0 aromatic heterocycles. The second-order valence-corrected chi connectivity index (χ2v) is 10.0. The zero-order valence-electron chi connectivity index (χ0n) is 21.1. The van der Waals surface area contributed by atoms with Crippen molar-refractivity contribution in [3.63, 3.8) is 0 Å². The molecule has 5 heteroatoms. The number of hydrogen-bond acceptors (Lipinski definition) is 3. The number of fused-ring (bicyclic) bond motifs is 1. The molecule has 2 amide bonds. The molecule has 0 radical (unpaired) electrons. The summed E-state index contributed by atoms with van der Waals surface area (Å²) in [6.07, 6.45) is 6.00. The molecule has 2 N–H and O–H groups in total. The zero-order chi connectivity index (χ0) is 24.8. The molecule has 0 bridgehead atoms. The standard InChI is InChI=1S/C30H37N3O2/c1-4-10-27(29(35)31-21-30(33(2)3)17-8-9-18-30)32-28(34)26-16-15-24-19-23(13-14-25(24)20-26)22-11-6-5-7-12-22/h5-7,11-16,19-20,27H,4,8-10,17-18,21H2,1-3H3,(H,31,35)(H,32,34)/t27-/m0/s1. The fourth-order valence-corrected chi connectivity index (χ4v) is 5.19. The summed E-state index contributed by atoms with van der Waals surface area (Å²) in [6, 6.07) is 21.7. The Balaban J connectivity index is 1.44. The number of nitrogens with one attached hydrogen (secondary N) is 2. The second kappa shape index (κ2) is 11.0. The number of amides is 2. The van der Waals surface area contributed by atoms with E-state index < -0.39 is 6.04 Å². The van der Waals surface area contributed by atoms with E-state index in [2.05, 4.69) is 53.9 Å². The number of carbonyl (C=O) groups excluding carboxylic acids is 2. The van der Waals surface area contributed by atoms with E-state index in [9.17, 15) is 9.59 Å². The van der Waals surface area contributed by atoms with Gasteiger partial charge in [0, 0.05) is 17.6 Å². The number of rotatable bonds is 9. The number of carbonyl (C=O) groups is 2. The van der Waals surface area contributed by atoms with Gasteiger partial charge in [-0.15, -0.1) is 0 Å². The summed E-state index contributed by atoms with van der Waals surface area (Å²) in [5.41, 5.74) is 2.90. The minimum atomic E-state index is -0.538. The quantitative estimate of drug-likeness (QED) is 0.440. The SMILES string of the molecule is CCC[C@H](NC(=O)c1ccc2cc(-c3ccccc3)ccc2c1)C(=O)NCC1(N(C)C)CCCC1. The Labute approximate surface area is 208 Å². The van der Waals surface area contributed by atoms with Gasteiger partial charge in [0.05, 0.1) is 0 Å². The molecule has 3 aromatic rings. The van der Waals surface area contributed by atoms with Crippen LogP contribution in [0.5, 0.6) is 0 Å². The van der Waals surface area contributed by atoms with Crippen LogP contribution in [-0.2, 0) is 4.79 Å². The summed E-state index contributed by atoms with van der Waals surface area (Å²) in [5.74, 6) is -0.308. The third-order valence-corrected chi connectivity index (χ3v) is 7.48. The van der Waals surface area contributed by atoms with Crippen molar-refractivity contribution in [1.82, 2.24) is 15.5 Å². The van der Waals surface area contributed by atoms with Crippen LogP contribution in [0.2, 0.25) is 0 Å². The minimum absolute atomic E-state index is 0.0212. The normalized spacial score (nSPS) is 15.8. The van der Waals surface area contributed by atoms with E-state index in [0.29, 0.717) is 18.5 Å². The highest BCUT2D eigenvalue weighted by atomic mass is 16.2. The molecule has 1 aliphatic carbocycles. The van der Waals surface area contributed by atoms with Crippen molar-refractivity contribution >= 4 is 22.6 Å². The van der Waals surface area contributed by atoms with Gasteiger partial charge in [-0.3, -0.25) is 9.59 Å². The molecular formula is C30H37N3O2. The zero-order valence-corrected chi connectivity index (χ0v) is 21.1. The molecule has 1 atom stereocenters. The summed E-state index contributed by atoms with van der Waals surface area (Å²) in [4.78, 5) is 28.4. The summed E-state index contributed by atoms with van der Waals surface area (Å²) in [6.45, 7) is 2.65. The average Bonchev–Trinajstić information content (AvgIpc) is 3.37. The fraction of sp³-hybridized carbons (Fsp3) is 0.400. The van der Waals surface area contributed by atoms with Gasteiger partial charge >= 0.3 is 0 Å². The van der Waals surface area contributed by atoms with Gasteiger partial charge in [-0.05, 0) is 73.5 Å². The first-order valence-electron chi connectivity index (χ1n) is 12.8. The Kier molecular flexibility index (Phi) is 7.86. The van der Waals surface area contributed by atoms with Gasteiger partial charge in [-0.25, -0.2) is 0 Å².